The largest absolute Gasteiger partial charge is 0.477 e. The molecule has 32 heavy (non-hydrogen) atoms. The SMILES string of the molecule is O=c1c(-c2cccc(-c3ccc(Cl)nc3)c2)c(O)[n+](Cc2cnc(Cl)s2)c2ccccn12. The van der Waals surface area contributed by atoms with Gasteiger partial charge in [0.2, 0.25) is 0 Å². The summed E-state index contributed by atoms with van der Waals surface area (Å²) in [5, 5.41) is 11.7. The second kappa shape index (κ2) is 8.35. The molecule has 5 aromatic rings. The van der Waals surface area contributed by atoms with Crippen LogP contribution in [0.25, 0.3) is 27.9 Å². The number of thiazole rings is 1. The van der Waals surface area contributed by atoms with Crippen molar-refractivity contribution >= 4 is 40.2 Å². The molecule has 5 rings (SSSR count). The van der Waals surface area contributed by atoms with E-state index in [-0.39, 0.29) is 17.0 Å². The summed E-state index contributed by atoms with van der Waals surface area (Å²) in [6.07, 6.45) is 5.02. The van der Waals surface area contributed by atoms with E-state index in [2.05, 4.69) is 9.97 Å². The van der Waals surface area contributed by atoms with Gasteiger partial charge in [-0.3, -0.25) is 0 Å². The van der Waals surface area contributed by atoms with Gasteiger partial charge in [0.25, 0.3) is 11.5 Å². The maximum atomic E-state index is 13.4. The fraction of sp³-hybridized carbons (Fsp3) is 0.0435. The highest BCUT2D eigenvalue weighted by atomic mass is 35.5. The first-order chi connectivity index (χ1) is 15.5. The van der Waals surface area contributed by atoms with Crippen molar-refractivity contribution in [1.82, 2.24) is 14.4 Å². The highest BCUT2D eigenvalue weighted by Gasteiger charge is 2.25. The van der Waals surface area contributed by atoms with Gasteiger partial charge in [-0.15, -0.1) is 11.3 Å². The van der Waals surface area contributed by atoms with Gasteiger partial charge < -0.3 is 5.11 Å². The average molecular weight is 482 g/mol. The third-order valence-electron chi connectivity index (χ3n) is 5.08. The first-order valence-corrected chi connectivity index (χ1v) is 11.2. The summed E-state index contributed by atoms with van der Waals surface area (Å²) < 4.78 is 3.62. The zero-order valence-corrected chi connectivity index (χ0v) is 18.8. The normalized spacial score (nSPS) is 11.2. The number of aromatic hydroxyl groups is 1. The van der Waals surface area contributed by atoms with Gasteiger partial charge in [-0.05, 0) is 35.4 Å². The van der Waals surface area contributed by atoms with E-state index >= 15 is 0 Å². The molecule has 0 saturated carbocycles. The molecule has 0 unspecified atom stereocenters. The maximum absolute atomic E-state index is 13.4. The first-order valence-electron chi connectivity index (χ1n) is 9.60. The molecule has 4 aromatic heterocycles. The zero-order valence-electron chi connectivity index (χ0n) is 16.4. The maximum Gasteiger partial charge on any atom is 0.354 e. The summed E-state index contributed by atoms with van der Waals surface area (Å²) >= 11 is 13.2. The number of rotatable bonds is 4. The van der Waals surface area contributed by atoms with E-state index in [0.29, 0.717) is 27.4 Å². The number of fused-ring (bicyclic) bond motifs is 1. The lowest BCUT2D eigenvalue weighted by atomic mass is 10.0. The number of benzene rings is 1. The summed E-state index contributed by atoms with van der Waals surface area (Å²) in [6, 6.07) is 16.3. The van der Waals surface area contributed by atoms with E-state index in [4.69, 9.17) is 23.2 Å². The van der Waals surface area contributed by atoms with Crippen LogP contribution in [0.5, 0.6) is 5.88 Å². The molecular formula is C23H15Cl2N4O2S+. The van der Waals surface area contributed by atoms with Crippen molar-refractivity contribution in [3.05, 3.63) is 98.0 Å². The van der Waals surface area contributed by atoms with Crippen LogP contribution in [0.1, 0.15) is 4.88 Å². The molecular weight excluding hydrogens is 467 g/mol. The van der Waals surface area contributed by atoms with E-state index in [1.165, 1.54) is 15.7 Å². The Kier molecular flexibility index (Phi) is 5.38. The predicted molar refractivity (Wildman–Crippen MR) is 125 cm³/mol. The minimum Gasteiger partial charge on any atom is -0.477 e. The minimum atomic E-state index is -0.317. The molecule has 4 heterocycles. The lowest BCUT2D eigenvalue weighted by Gasteiger charge is -2.10. The Labute approximate surface area is 196 Å². The van der Waals surface area contributed by atoms with Crippen LogP contribution in [0.2, 0.25) is 9.62 Å². The smallest absolute Gasteiger partial charge is 0.354 e. The fourth-order valence-corrected chi connectivity index (χ4v) is 4.69. The lowest BCUT2D eigenvalue weighted by molar-refractivity contribution is -0.671. The summed E-state index contributed by atoms with van der Waals surface area (Å²) in [7, 11) is 0. The molecule has 0 amide bonds. The van der Waals surface area contributed by atoms with Crippen molar-refractivity contribution in [3.8, 4) is 28.1 Å². The molecule has 0 aliphatic heterocycles. The summed E-state index contributed by atoms with van der Waals surface area (Å²) in [5.41, 5.74) is 2.74. The van der Waals surface area contributed by atoms with E-state index in [1.54, 1.807) is 47.4 Å². The number of hydrogen-bond acceptors (Lipinski definition) is 5. The Bertz CT molecular complexity index is 1510. The molecule has 0 spiro atoms. The summed E-state index contributed by atoms with van der Waals surface area (Å²) in [5.74, 6) is -0.128. The molecule has 0 bridgehead atoms. The molecule has 0 saturated heterocycles. The second-order valence-corrected chi connectivity index (χ2v) is 9.13. The van der Waals surface area contributed by atoms with Crippen LogP contribution in [0, 0.1) is 0 Å². The second-order valence-electron chi connectivity index (χ2n) is 7.05. The van der Waals surface area contributed by atoms with Crippen LogP contribution in [0.4, 0.5) is 0 Å². The number of hydrogen-bond donors (Lipinski definition) is 1. The number of halogens is 2. The van der Waals surface area contributed by atoms with Gasteiger partial charge in [-0.25, -0.2) is 14.8 Å². The van der Waals surface area contributed by atoms with Gasteiger partial charge in [-0.2, -0.15) is 8.97 Å². The molecule has 0 radical (unpaired) electrons. The topological polar surface area (TPSA) is 71.4 Å². The highest BCUT2D eigenvalue weighted by molar-refractivity contribution is 7.15. The lowest BCUT2D eigenvalue weighted by Crippen LogP contribution is -2.41. The molecule has 0 atom stereocenters. The van der Waals surface area contributed by atoms with Crippen LogP contribution in [-0.4, -0.2) is 19.5 Å². The highest BCUT2D eigenvalue weighted by Crippen LogP contribution is 2.29. The van der Waals surface area contributed by atoms with E-state index < -0.39 is 0 Å². The van der Waals surface area contributed by atoms with Crippen LogP contribution in [-0.2, 0) is 6.54 Å². The van der Waals surface area contributed by atoms with Crippen molar-refractivity contribution in [2.24, 2.45) is 0 Å². The summed E-state index contributed by atoms with van der Waals surface area (Å²) in [6.45, 7) is 0.317. The third kappa shape index (κ3) is 3.75. The third-order valence-corrected chi connectivity index (χ3v) is 6.40. The van der Waals surface area contributed by atoms with Gasteiger partial charge in [0.15, 0.2) is 10.0 Å². The Balaban J connectivity index is 1.72. The van der Waals surface area contributed by atoms with Crippen LogP contribution < -0.4 is 10.1 Å². The first kappa shape index (κ1) is 20.6. The van der Waals surface area contributed by atoms with Gasteiger partial charge in [0.1, 0.15) is 11.7 Å². The molecule has 158 valence electrons. The van der Waals surface area contributed by atoms with Crippen molar-refractivity contribution < 1.29 is 9.67 Å². The quantitative estimate of drug-likeness (QED) is 0.294. The van der Waals surface area contributed by atoms with Crippen LogP contribution in [0.15, 0.2) is 78.0 Å². The van der Waals surface area contributed by atoms with Crippen LogP contribution in [0.3, 0.4) is 0 Å². The number of aromatic nitrogens is 4. The van der Waals surface area contributed by atoms with Crippen molar-refractivity contribution in [2.45, 2.75) is 6.54 Å². The summed E-state index contributed by atoms with van der Waals surface area (Å²) in [4.78, 5) is 22.4. The van der Waals surface area contributed by atoms with Gasteiger partial charge in [-0.1, -0.05) is 47.5 Å². The standard InChI is InChI=1S/C23H14Cl2N4O2S/c24-18-8-7-16(11-26-18)14-4-3-5-15(10-14)20-21(30)28-9-2-1-6-19(28)29(22(20)31)13-17-12-27-23(25)32-17/h1-12H,13H2/p+1. The van der Waals surface area contributed by atoms with Crippen molar-refractivity contribution in [1.29, 1.82) is 0 Å². The van der Waals surface area contributed by atoms with Gasteiger partial charge in [0, 0.05) is 24.0 Å². The Morgan fingerprint density at radius 2 is 1.81 bits per heavy atom. The average Bonchev–Trinajstić information content (AvgIpc) is 3.22. The van der Waals surface area contributed by atoms with Crippen molar-refractivity contribution in [2.75, 3.05) is 0 Å². The zero-order chi connectivity index (χ0) is 22.2. The van der Waals surface area contributed by atoms with Crippen molar-refractivity contribution in [3.63, 3.8) is 0 Å². The Hall–Kier alpha value is -3.26. The Morgan fingerprint density at radius 3 is 2.56 bits per heavy atom. The number of nitrogens with zero attached hydrogens (tertiary/aromatic N) is 4. The molecule has 9 heteroatoms. The van der Waals surface area contributed by atoms with E-state index in [1.807, 2.05) is 30.3 Å². The predicted octanol–water partition coefficient (Wildman–Crippen LogP) is 4.83. The van der Waals surface area contributed by atoms with Gasteiger partial charge in [0.05, 0.1) is 11.1 Å². The molecule has 0 fully saturated rings. The number of pyridine rings is 2. The molecule has 0 aliphatic rings. The van der Waals surface area contributed by atoms with Gasteiger partial charge >= 0.3 is 5.56 Å². The Morgan fingerprint density at radius 1 is 0.969 bits per heavy atom. The van der Waals surface area contributed by atoms with Crippen LogP contribution >= 0.6 is 34.5 Å². The molecule has 6 nitrogen and oxygen atoms in total. The minimum absolute atomic E-state index is 0.128. The monoisotopic (exact) mass is 481 g/mol. The molecule has 1 N–H and O–H groups in total. The molecule has 0 aliphatic carbocycles. The van der Waals surface area contributed by atoms with E-state index in [9.17, 15) is 9.90 Å². The fourth-order valence-electron chi connectivity index (χ4n) is 3.61. The van der Waals surface area contributed by atoms with E-state index in [0.717, 1.165) is 16.0 Å². The molecule has 1 aromatic carbocycles.